The minimum absolute atomic E-state index is 0.705. The lowest BCUT2D eigenvalue weighted by Gasteiger charge is -1.93. The molecule has 58 valence electrons. The number of hydrogen-bond acceptors (Lipinski definition) is 0. The molecule has 0 aromatic carbocycles. The second-order valence-electron chi connectivity index (χ2n) is 2.39. The van der Waals surface area contributed by atoms with Gasteiger partial charge in [0, 0.05) is 5.66 Å². The fourth-order valence-corrected chi connectivity index (χ4v) is 1.71. The number of unbranched alkanes of at least 4 members (excludes halogenated alkanes) is 1. The van der Waals surface area contributed by atoms with Crippen LogP contribution < -0.4 is 0 Å². The largest absolute Gasteiger partial charge is 0.102 e. The lowest BCUT2D eigenvalue weighted by Crippen LogP contribution is -1.82. The van der Waals surface area contributed by atoms with E-state index in [0.717, 1.165) is 0 Å². The maximum Gasteiger partial charge on any atom is 0.0157 e. The van der Waals surface area contributed by atoms with Gasteiger partial charge in [0.15, 0.2) is 0 Å². The Bertz CT molecular complexity index is 114. The van der Waals surface area contributed by atoms with E-state index in [2.05, 4.69) is 38.7 Å². The van der Waals surface area contributed by atoms with Crippen LogP contribution >= 0.6 is 8.20 Å². The Balaban J connectivity index is 3.45. The Morgan fingerprint density at radius 1 is 1.50 bits per heavy atom. The monoisotopic (exact) mass is 156 g/mol. The standard InChI is InChI=1S/C9H17P/c1-4-6-8-10-9(3)7-5-2/h5,7-9H,4,6H2,1-3H3. The van der Waals surface area contributed by atoms with Gasteiger partial charge in [0.05, 0.1) is 0 Å². The Morgan fingerprint density at radius 3 is 2.70 bits per heavy atom. The highest BCUT2D eigenvalue weighted by Gasteiger charge is 1.86. The maximum atomic E-state index is 2.35. The Kier molecular flexibility index (Phi) is 6.96. The van der Waals surface area contributed by atoms with Crippen molar-refractivity contribution in [3.8, 4) is 0 Å². The summed E-state index contributed by atoms with van der Waals surface area (Å²) in [4.78, 5) is 0. The van der Waals surface area contributed by atoms with Crippen molar-refractivity contribution in [1.82, 2.24) is 0 Å². The molecule has 0 aromatic rings. The predicted octanol–water partition coefficient (Wildman–Crippen LogP) is 3.50. The molecule has 0 saturated carbocycles. The SMILES string of the molecule is CC=CC(C)P=CCCC. The van der Waals surface area contributed by atoms with E-state index in [1.165, 1.54) is 21.0 Å². The summed E-state index contributed by atoms with van der Waals surface area (Å²) in [5.41, 5.74) is 0.705. The molecule has 0 spiro atoms. The van der Waals surface area contributed by atoms with E-state index in [4.69, 9.17) is 0 Å². The molecule has 0 rings (SSSR count). The van der Waals surface area contributed by atoms with E-state index in [1.54, 1.807) is 0 Å². The van der Waals surface area contributed by atoms with E-state index in [9.17, 15) is 0 Å². The van der Waals surface area contributed by atoms with Crippen molar-refractivity contribution in [2.75, 3.05) is 0 Å². The van der Waals surface area contributed by atoms with Crippen LogP contribution in [-0.2, 0) is 0 Å². The van der Waals surface area contributed by atoms with Crippen molar-refractivity contribution in [3.05, 3.63) is 12.2 Å². The first-order valence-electron chi connectivity index (χ1n) is 3.95. The van der Waals surface area contributed by atoms with Gasteiger partial charge in [-0.25, -0.2) is 0 Å². The summed E-state index contributed by atoms with van der Waals surface area (Å²) in [6, 6.07) is 0. The Morgan fingerprint density at radius 2 is 2.20 bits per heavy atom. The number of hydrogen-bond donors (Lipinski definition) is 0. The van der Waals surface area contributed by atoms with Gasteiger partial charge in [-0.05, 0) is 13.3 Å². The molecule has 0 saturated heterocycles. The lowest BCUT2D eigenvalue weighted by molar-refractivity contribution is 1.02. The van der Waals surface area contributed by atoms with Crippen LogP contribution in [0.25, 0.3) is 0 Å². The van der Waals surface area contributed by atoms with Crippen LogP contribution in [0.4, 0.5) is 0 Å². The van der Waals surface area contributed by atoms with Crippen LogP contribution in [0, 0.1) is 0 Å². The molecule has 1 heteroatoms. The third-order valence-corrected chi connectivity index (χ3v) is 2.34. The fourth-order valence-electron chi connectivity index (χ4n) is 0.698. The first-order chi connectivity index (χ1) is 4.81. The van der Waals surface area contributed by atoms with Crippen molar-refractivity contribution in [2.45, 2.75) is 39.3 Å². The molecule has 0 nitrogen and oxygen atoms in total. The second-order valence-corrected chi connectivity index (χ2v) is 3.86. The molecule has 0 aliphatic carbocycles. The first-order valence-corrected chi connectivity index (χ1v) is 4.99. The number of rotatable bonds is 4. The fraction of sp³-hybridized carbons (Fsp3) is 0.667. The molecule has 0 fully saturated rings. The normalized spacial score (nSPS) is 15.1. The summed E-state index contributed by atoms with van der Waals surface area (Å²) >= 11 is 0. The highest BCUT2D eigenvalue weighted by molar-refractivity contribution is 7.39. The van der Waals surface area contributed by atoms with Gasteiger partial charge >= 0.3 is 0 Å². The molecule has 0 radical (unpaired) electrons. The Labute approximate surface area is 66.1 Å². The molecule has 0 N–H and O–H groups in total. The van der Waals surface area contributed by atoms with Crippen molar-refractivity contribution in [3.63, 3.8) is 0 Å². The third-order valence-electron chi connectivity index (χ3n) is 1.23. The highest BCUT2D eigenvalue weighted by atomic mass is 31.1. The van der Waals surface area contributed by atoms with Crippen molar-refractivity contribution < 1.29 is 0 Å². The van der Waals surface area contributed by atoms with E-state index < -0.39 is 0 Å². The molecule has 0 aliphatic rings. The summed E-state index contributed by atoms with van der Waals surface area (Å²) < 4.78 is 0. The van der Waals surface area contributed by atoms with Gasteiger partial charge in [0.25, 0.3) is 0 Å². The molecular formula is C9H17P. The van der Waals surface area contributed by atoms with E-state index >= 15 is 0 Å². The van der Waals surface area contributed by atoms with Gasteiger partial charge in [0.2, 0.25) is 0 Å². The van der Waals surface area contributed by atoms with Gasteiger partial charge in [0.1, 0.15) is 0 Å². The van der Waals surface area contributed by atoms with Gasteiger partial charge in [-0.3, -0.25) is 0 Å². The summed E-state index contributed by atoms with van der Waals surface area (Å²) in [7, 11) is 1.46. The zero-order valence-electron chi connectivity index (χ0n) is 7.17. The maximum absolute atomic E-state index is 2.35. The lowest BCUT2D eigenvalue weighted by atomic mass is 10.4. The molecule has 10 heavy (non-hydrogen) atoms. The minimum atomic E-state index is 0.705. The van der Waals surface area contributed by atoms with Crippen molar-refractivity contribution in [2.24, 2.45) is 0 Å². The average molecular weight is 156 g/mol. The topological polar surface area (TPSA) is 0 Å². The Hall–Kier alpha value is -0.0900. The third kappa shape index (κ3) is 6.04. The molecule has 0 aromatic heterocycles. The molecule has 0 amide bonds. The van der Waals surface area contributed by atoms with Gasteiger partial charge < -0.3 is 0 Å². The van der Waals surface area contributed by atoms with E-state index in [0.29, 0.717) is 5.66 Å². The van der Waals surface area contributed by atoms with Crippen LogP contribution in [0.15, 0.2) is 12.2 Å². The highest BCUT2D eigenvalue weighted by Crippen LogP contribution is 2.08. The molecule has 1 unspecified atom stereocenters. The van der Waals surface area contributed by atoms with E-state index in [-0.39, 0.29) is 0 Å². The zero-order chi connectivity index (χ0) is 7.82. The molecule has 0 bridgehead atoms. The van der Waals surface area contributed by atoms with Gasteiger partial charge in [-0.2, -0.15) is 0 Å². The first kappa shape index (κ1) is 9.91. The smallest absolute Gasteiger partial charge is 0.0157 e. The summed E-state index contributed by atoms with van der Waals surface area (Å²) in [6.07, 6.45) is 6.89. The zero-order valence-corrected chi connectivity index (χ0v) is 8.07. The summed E-state index contributed by atoms with van der Waals surface area (Å²) in [5.74, 6) is 2.35. The van der Waals surface area contributed by atoms with Crippen LogP contribution in [0.1, 0.15) is 33.6 Å². The van der Waals surface area contributed by atoms with E-state index in [1.807, 2.05) is 0 Å². The van der Waals surface area contributed by atoms with Crippen LogP contribution in [0.5, 0.6) is 0 Å². The summed E-state index contributed by atoms with van der Waals surface area (Å²) in [5, 5.41) is 0. The summed E-state index contributed by atoms with van der Waals surface area (Å²) in [6.45, 7) is 6.53. The molecular weight excluding hydrogens is 139 g/mol. The van der Waals surface area contributed by atoms with Gasteiger partial charge in [-0.1, -0.05) is 38.2 Å². The van der Waals surface area contributed by atoms with Crippen LogP contribution in [-0.4, -0.2) is 11.5 Å². The minimum Gasteiger partial charge on any atom is -0.102 e. The van der Waals surface area contributed by atoms with Crippen molar-refractivity contribution >= 4 is 14.0 Å². The van der Waals surface area contributed by atoms with Gasteiger partial charge in [-0.15, -0.1) is 8.20 Å². The van der Waals surface area contributed by atoms with Crippen LogP contribution in [0.2, 0.25) is 0 Å². The molecule has 0 aliphatic heterocycles. The van der Waals surface area contributed by atoms with Crippen molar-refractivity contribution in [1.29, 1.82) is 0 Å². The quantitative estimate of drug-likeness (QED) is 0.431. The van der Waals surface area contributed by atoms with Crippen LogP contribution in [0.3, 0.4) is 0 Å². The average Bonchev–Trinajstić information content (AvgIpc) is 1.89. The second kappa shape index (κ2) is 7.02. The number of allylic oxidation sites excluding steroid dienone is 2. The molecule has 1 atom stereocenters. The predicted molar refractivity (Wildman–Crippen MR) is 52.2 cm³/mol. The molecule has 0 heterocycles.